The molecule has 2 atom stereocenters. The van der Waals surface area contributed by atoms with Crippen molar-refractivity contribution >= 4 is 11.3 Å². The maximum Gasteiger partial charge on any atom is 0.0246 e. The standard InChI is InChI=1S/C13H22N2S/c1-3-4-13-7-14-11(2)8-15(13)9-12-5-6-16-10-12/h5-6,10-11,13-14H,3-4,7-9H2,1-2H3. The molecule has 1 aliphatic rings. The topological polar surface area (TPSA) is 15.3 Å². The Bertz CT molecular complexity index is 297. The predicted molar refractivity (Wildman–Crippen MR) is 70.9 cm³/mol. The van der Waals surface area contributed by atoms with Crippen molar-refractivity contribution in [3.63, 3.8) is 0 Å². The molecule has 1 aromatic rings. The molecule has 0 amide bonds. The first-order chi connectivity index (χ1) is 7.79. The van der Waals surface area contributed by atoms with Gasteiger partial charge in [0.1, 0.15) is 0 Å². The number of rotatable bonds is 4. The molecule has 2 rings (SSSR count). The van der Waals surface area contributed by atoms with E-state index in [2.05, 4.69) is 40.9 Å². The Kier molecular flexibility index (Phi) is 4.38. The van der Waals surface area contributed by atoms with Gasteiger partial charge in [0.25, 0.3) is 0 Å². The van der Waals surface area contributed by atoms with E-state index < -0.39 is 0 Å². The van der Waals surface area contributed by atoms with E-state index in [9.17, 15) is 0 Å². The Labute approximate surface area is 103 Å². The Morgan fingerprint density at radius 3 is 3.12 bits per heavy atom. The van der Waals surface area contributed by atoms with Crippen molar-refractivity contribution in [2.75, 3.05) is 13.1 Å². The van der Waals surface area contributed by atoms with Crippen LogP contribution in [0, 0.1) is 0 Å². The second-order valence-electron chi connectivity index (χ2n) is 4.81. The van der Waals surface area contributed by atoms with Gasteiger partial charge in [-0.2, -0.15) is 11.3 Å². The van der Waals surface area contributed by atoms with Gasteiger partial charge in [0.2, 0.25) is 0 Å². The average molecular weight is 238 g/mol. The zero-order valence-electron chi connectivity index (χ0n) is 10.3. The first kappa shape index (κ1) is 12.1. The van der Waals surface area contributed by atoms with Gasteiger partial charge in [-0.3, -0.25) is 4.90 Å². The molecular formula is C13H22N2S. The largest absolute Gasteiger partial charge is 0.311 e. The summed E-state index contributed by atoms with van der Waals surface area (Å²) < 4.78 is 0. The summed E-state index contributed by atoms with van der Waals surface area (Å²) in [6.07, 6.45) is 2.59. The van der Waals surface area contributed by atoms with Crippen LogP contribution in [0.25, 0.3) is 0 Å². The van der Waals surface area contributed by atoms with Gasteiger partial charge in [-0.25, -0.2) is 0 Å². The predicted octanol–water partition coefficient (Wildman–Crippen LogP) is 2.71. The minimum absolute atomic E-state index is 0.631. The smallest absolute Gasteiger partial charge is 0.0246 e. The first-order valence-electron chi connectivity index (χ1n) is 6.28. The van der Waals surface area contributed by atoms with Crippen LogP contribution in [0.4, 0.5) is 0 Å². The lowest BCUT2D eigenvalue weighted by molar-refractivity contribution is 0.120. The summed E-state index contributed by atoms with van der Waals surface area (Å²) in [5.74, 6) is 0. The van der Waals surface area contributed by atoms with E-state index in [1.54, 1.807) is 11.3 Å². The zero-order valence-corrected chi connectivity index (χ0v) is 11.1. The SMILES string of the molecule is CCCC1CNC(C)CN1Cc1ccsc1. The summed E-state index contributed by atoms with van der Waals surface area (Å²) in [4.78, 5) is 2.65. The molecule has 2 nitrogen and oxygen atoms in total. The number of hydrogen-bond donors (Lipinski definition) is 1. The number of nitrogens with one attached hydrogen (secondary N) is 1. The van der Waals surface area contributed by atoms with E-state index >= 15 is 0 Å². The maximum atomic E-state index is 3.59. The van der Waals surface area contributed by atoms with E-state index in [1.807, 2.05) is 0 Å². The molecule has 0 aromatic carbocycles. The van der Waals surface area contributed by atoms with E-state index in [0.717, 1.165) is 19.1 Å². The molecule has 0 saturated carbocycles. The molecular weight excluding hydrogens is 216 g/mol. The van der Waals surface area contributed by atoms with Crippen LogP contribution in [0.1, 0.15) is 32.3 Å². The highest BCUT2D eigenvalue weighted by Gasteiger charge is 2.24. The number of hydrogen-bond acceptors (Lipinski definition) is 3. The molecule has 1 N–H and O–H groups in total. The molecule has 0 radical (unpaired) electrons. The van der Waals surface area contributed by atoms with Crippen molar-refractivity contribution in [1.29, 1.82) is 0 Å². The van der Waals surface area contributed by atoms with Crippen LogP contribution in [-0.4, -0.2) is 30.1 Å². The normalized spacial score (nSPS) is 27.1. The molecule has 1 saturated heterocycles. The quantitative estimate of drug-likeness (QED) is 0.867. The third-order valence-electron chi connectivity index (χ3n) is 3.31. The third kappa shape index (κ3) is 3.06. The average Bonchev–Trinajstić information content (AvgIpc) is 2.75. The van der Waals surface area contributed by atoms with Crippen LogP contribution in [0.3, 0.4) is 0 Å². The van der Waals surface area contributed by atoms with E-state index in [1.165, 1.54) is 24.9 Å². The van der Waals surface area contributed by atoms with Crippen molar-refractivity contribution in [3.05, 3.63) is 22.4 Å². The van der Waals surface area contributed by atoms with E-state index in [4.69, 9.17) is 0 Å². The van der Waals surface area contributed by atoms with Gasteiger partial charge in [-0.05, 0) is 35.7 Å². The van der Waals surface area contributed by atoms with Crippen LogP contribution >= 0.6 is 11.3 Å². The highest BCUT2D eigenvalue weighted by molar-refractivity contribution is 7.07. The van der Waals surface area contributed by atoms with Gasteiger partial charge in [0.15, 0.2) is 0 Å². The van der Waals surface area contributed by atoms with Gasteiger partial charge in [-0.1, -0.05) is 13.3 Å². The zero-order chi connectivity index (χ0) is 11.4. The fourth-order valence-corrected chi connectivity index (χ4v) is 3.12. The number of nitrogens with zero attached hydrogens (tertiary/aromatic N) is 1. The van der Waals surface area contributed by atoms with Crippen molar-refractivity contribution < 1.29 is 0 Å². The molecule has 0 spiro atoms. The van der Waals surface area contributed by atoms with Gasteiger partial charge in [0.05, 0.1) is 0 Å². The molecule has 1 aromatic heterocycles. The molecule has 2 heterocycles. The van der Waals surface area contributed by atoms with Crippen LogP contribution in [0.2, 0.25) is 0 Å². The molecule has 90 valence electrons. The van der Waals surface area contributed by atoms with Crippen molar-refractivity contribution in [2.24, 2.45) is 0 Å². The van der Waals surface area contributed by atoms with Crippen molar-refractivity contribution in [1.82, 2.24) is 10.2 Å². The fraction of sp³-hybridized carbons (Fsp3) is 0.692. The summed E-state index contributed by atoms with van der Waals surface area (Å²) in [5.41, 5.74) is 1.47. The molecule has 1 aliphatic heterocycles. The monoisotopic (exact) mass is 238 g/mol. The fourth-order valence-electron chi connectivity index (χ4n) is 2.46. The summed E-state index contributed by atoms with van der Waals surface area (Å²) in [5, 5.41) is 8.04. The molecule has 0 bridgehead atoms. The Morgan fingerprint density at radius 2 is 2.44 bits per heavy atom. The molecule has 2 unspecified atom stereocenters. The Balaban J connectivity index is 1.96. The van der Waals surface area contributed by atoms with E-state index in [0.29, 0.717) is 6.04 Å². The minimum Gasteiger partial charge on any atom is -0.311 e. The molecule has 0 aliphatic carbocycles. The summed E-state index contributed by atoms with van der Waals surface area (Å²) in [6.45, 7) is 8.02. The van der Waals surface area contributed by atoms with Crippen LogP contribution < -0.4 is 5.32 Å². The van der Waals surface area contributed by atoms with Crippen molar-refractivity contribution in [3.8, 4) is 0 Å². The van der Waals surface area contributed by atoms with Gasteiger partial charge < -0.3 is 5.32 Å². The molecule has 3 heteroatoms. The van der Waals surface area contributed by atoms with E-state index in [-0.39, 0.29) is 0 Å². The second kappa shape index (κ2) is 5.80. The minimum atomic E-state index is 0.631. The lowest BCUT2D eigenvalue weighted by atomic mass is 10.0. The van der Waals surface area contributed by atoms with Crippen LogP contribution in [0.5, 0.6) is 0 Å². The van der Waals surface area contributed by atoms with Crippen LogP contribution in [-0.2, 0) is 6.54 Å². The van der Waals surface area contributed by atoms with Gasteiger partial charge in [-0.15, -0.1) is 0 Å². The van der Waals surface area contributed by atoms with Crippen molar-refractivity contribution in [2.45, 2.75) is 45.3 Å². The molecule has 16 heavy (non-hydrogen) atoms. The Hall–Kier alpha value is -0.380. The second-order valence-corrected chi connectivity index (χ2v) is 5.59. The molecule has 1 fully saturated rings. The third-order valence-corrected chi connectivity index (χ3v) is 4.05. The highest BCUT2D eigenvalue weighted by Crippen LogP contribution is 2.17. The van der Waals surface area contributed by atoms with Gasteiger partial charge in [0, 0.05) is 31.7 Å². The number of piperazine rings is 1. The Morgan fingerprint density at radius 1 is 1.56 bits per heavy atom. The number of thiophene rings is 1. The lowest BCUT2D eigenvalue weighted by Gasteiger charge is -2.39. The highest BCUT2D eigenvalue weighted by atomic mass is 32.1. The maximum absolute atomic E-state index is 3.59. The summed E-state index contributed by atoms with van der Waals surface area (Å²) in [7, 11) is 0. The summed E-state index contributed by atoms with van der Waals surface area (Å²) in [6, 6.07) is 3.60. The lowest BCUT2D eigenvalue weighted by Crippen LogP contribution is -2.54. The van der Waals surface area contributed by atoms with Crippen LogP contribution in [0.15, 0.2) is 16.8 Å². The van der Waals surface area contributed by atoms with Gasteiger partial charge >= 0.3 is 0 Å². The first-order valence-corrected chi connectivity index (χ1v) is 7.22. The summed E-state index contributed by atoms with van der Waals surface area (Å²) >= 11 is 1.80.